The molecule has 23 heavy (non-hydrogen) atoms. The molecule has 0 fully saturated rings. The van der Waals surface area contributed by atoms with Crippen LogP contribution in [0.25, 0.3) is 0 Å². The molecule has 3 aromatic carbocycles. The first-order valence-corrected chi connectivity index (χ1v) is 9.22. The lowest BCUT2D eigenvalue weighted by atomic mass is 10.2. The van der Waals surface area contributed by atoms with E-state index in [4.69, 9.17) is 4.74 Å². The van der Waals surface area contributed by atoms with E-state index >= 15 is 0 Å². The SMILES string of the molecule is BrCc1ccccc1.Brc1ccccc1OCc1ccccc1. The van der Waals surface area contributed by atoms with E-state index in [-0.39, 0.29) is 0 Å². The normalized spacial score (nSPS) is 9.65. The van der Waals surface area contributed by atoms with E-state index in [0.717, 1.165) is 15.6 Å². The summed E-state index contributed by atoms with van der Waals surface area (Å²) in [4.78, 5) is 0. The molecular weight excluding hydrogens is 416 g/mol. The van der Waals surface area contributed by atoms with Crippen molar-refractivity contribution in [3.63, 3.8) is 0 Å². The van der Waals surface area contributed by atoms with Gasteiger partial charge in [0.05, 0.1) is 4.47 Å². The molecule has 0 saturated heterocycles. The summed E-state index contributed by atoms with van der Waals surface area (Å²) in [5, 5.41) is 0.952. The molecule has 0 aromatic heterocycles. The summed E-state index contributed by atoms with van der Waals surface area (Å²) in [6.45, 7) is 0.601. The van der Waals surface area contributed by atoms with Gasteiger partial charge in [-0.1, -0.05) is 88.7 Å². The Balaban J connectivity index is 0.000000203. The molecule has 0 bridgehead atoms. The van der Waals surface area contributed by atoms with E-state index in [2.05, 4.69) is 56.1 Å². The number of halogens is 2. The summed E-state index contributed by atoms with van der Waals surface area (Å²) >= 11 is 6.80. The fraction of sp³-hybridized carbons (Fsp3) is 0.100. The molecule has 0 atom stereocenters. The van der Waals surface area contributed by atoms with Gasteiger partial charge in [-0.25, -0.2) is 0 Å². The van der Waals surface area contributed by atoms with Gasteiger partial charge in [0, 0.05) is 5.33 Å². The van der Waals surface area contributed by atoms with Gasteiger partial charge in [-0.05, 0) is 39.2 Å². The van der Waals surface area contributed by atoms with Gasteiger partial charge in [-0.2, -0.15) is 0 Å². The summed E-state index contributed by atoms with van der Waals surface area (Å²) in [6, 6.07) is 28.3. The van der Waals surface area contributed by atoms with Crippen molar-refractivity contribution < 1.29 is 4.74 Å². The lowest BCUT2D eigenvalue weighted by Gasteiger charge is -2.07. The van der Waals surface area contributed by atoms with Crippen molar-refractivity contribution in [3.8, 4) is 5.75 Å². The lowest BCUT2D eigenvalue weighted by Crippen LogP contribution is -1.95. The van der Waals surface area contributed by atoms with Crippen molar-refractivity contribution >= 4 is 31.9 Å². The maximum atomic E-state index is 5.68. The lowest BCUT2D eigenvalue weighted by molar-refractivity contribution is 0.304. The highest BCUT2D eigenvalue weighted by Crippen LogP contribution is 2.24. The van der Waals surface area contributed by atoms with Crippen molar-refractivity contribution in [3.05, 3.63) is 101 Å². The van der Waals surface area contributed by atoms with Crippen molar-refractivity contribution in [1.29, 1.82) is 0 Å². The average molecular weight is 434 g/mol. The van der Waals surface area contributed by atoms with E-state index in [0.29, 0.717) is 6.61 Å². The minimum absolute atomic E-state index is 0.601. The molecule has 0 aliphatic rings. The molecule has 0 saturated carbocycles. The zero-order valence-corrected chi connectivity index (χ0v) is 15.8. The number of rotatable bonds is 4. The number of ether oxygens (including phenoxy) is 1. The highest BCUT2D eigenvalue weighted by atomic mass is 79.9. The average Bonchev–Trinajstić information content (AvgIpc) is 2.63. The Morgan fingerprint density at radius 2 is 1.17 bits per heavy atom. The van der Waals surface area contributed by atoms with Gasteiger partial charge in [-0.3, -0.25) is 0 Å². The Kier molecular flexibility index (Phi) is 7.91. The van der Waals surface area contributed by atoms with Crippen molar-refractivity contribution in [2.45, 2.75) is 11.9 Å². The standard InChI is InChI=1S/C13H11BrO.C7H7Br/c14-12-8-4-5-9-13(12)15-10-11-6-2-1-3-7-11;8-6-7-4-2-1-3-5-7/h1-9H,10H2;1-5H,6H2. The van der Waals surface area contributed by atoms with Gasteiger partial charge in [0.15, 0.2) is 0 Å². The maximum absolute atomic E-state index is 5.68. The minimum Gasteiger partial charge on any atom is -0.488 e. The second kappa shape index (κ2) is 10.2. The Morgan fingerprint density at radius 3 is 1.70 bits per heavy atom. The molecule has 0 N–H and O–H groups in total. The van der Waals surface area contributed by atoms with Gasteiger partial charge in [0.25, 0.3) is 0 Å². The van der Waals surface area contributed by atoms with Crippen molar-refractivity contribution in [2.24, 2.45) is 0 Å². The van der Waals surface area contributed by atoms with Crippen LogP contribution >= 0.6 is 31.9 Å². The van der Waals surface area contributed by atoms with Gasteiger partial charge < -0.3 is 4.74 Å². The van der Waals surface area contributed by atoms with Crippen molar-refractivity contribution in [1.82, 2.24) is 0 Å². The Bertz CT molecular complexity index is 684. The first kappa shape index (κ1) is 17.8. The van der Waals surface area contributed by atoms with E-state index in [1.807, 2.05) is 60.7 Å². The van der Waals surface area contributed by atoms with Crippen LogP contribution in [0, 0.1) is 0 Å². The first-order valence-electron chi connectivity index (χ1n) is 7.30. The second-order valence-electron chi connectivity index (χ2n) is 4.82. The summed E-state index contributed by atoms with van der Waals surface area (Å²) in [6.07, 6.45) is 0. The summed E-state index contributed by atoms with van der Waals surface area (Å²) in [5.74, 6) is 0.876. The van der Waals surface area contributed by atoms with Gasteiger partial charge >= 0.3 is 0 Å². The van der Waals surface area contributed by atoms with E-state index in [1.165, 1.54) is 11.1 Å². The molecule has 3 rings (SSSR count). The topological polar surface area (TPSA) is 9.23 Å². The van der Waals surface area contributed by atoms with Crippen LogP contribution < -0.4 is 4.74 Å². The highest BCUT2D eigenvalue weighted by Gasteiger charge is 1.99. The largest absolute Gasteiger partial charge is 0.488 e. The Hall–Kier alpha value is -1.58. The number of alkyl halides is 1. The van der Waals surface area contributed by atoms with Crippen LogP contribution in [0.2, 0.25) is 0 Å². The molecule has 0 amide bonds. The monoisotopic (exact) mass is 432 g/mol. The third-order valence-electron chi connectivity index (χ3n) is 3.07. The molecule has 118 valence electrons. The van der Waals surface area contributed by atoms with Crippen LogP contribution in [0.5, 0.6) is 5.75 Å². The van der Waals surface area contributed by atoms with E-state index in [9.17, 15) is 0 Å². The predicted molar refractivity (Wildman–Crippen MR) is 104 cm³/mol. The zero-order chi connectivity index (χ0) is 16.3. The van der Waals surface area contributed by atoms with Crippen LogP contribution in [-0.2, 0) is 11.9 Å². The molecule has 0 spiro atoms. The van der Waals surface area contributed by atoms with Crippen LogP contribution in [0.15, 0.2) is 89.4 Å². The number of hydrogen-bond acceptors (Lipinski definition) is 1. The second-order valence-corrected chi connectivity index (χ2v) is 6.24. The Labute approximate surface area is 154 Å². The third-order valence-corrected chi connectivity index (χ3v) is 4.37. The Morgan fingerprint density at radius 1 is 0.652 bits per heavy atom. The molecular formula is C20H18Br2O. The smallest absolute Gasteiger partial charge is 0.133 e. The molecule has 0 aliphatic heterocycles. The summed E-state index contributed by atoms with van der Waals surface area (Å²) in [7, 11) is 0. The molecule has 0 radical (unpaired) electrons. The fourth-order valence-electron chi connectivity index (χ4n) is 1.86. The van der Waals surface area contributed by atoms with Gasteiger partial charge in [0.1, 0.15) is 12.4 Å². The fourth-order valence-corrected chi connectivity index (χ4v) is 2.64. The number of hydrogen-bond donors (Lipinski definition) is 0. The molecule has 0 aliphatic carbocycles. The van der Waals surface area contributed by atoms with Crippen LogP contribution in [0.4, 0.5) is 0 Å². The molecule has 1 nitrogen and oxygen atoms in total. The summed E-state index contributed by atoms with van der Waals surface area (Å²) in [5.41, 5.74) is 2.50. The van der Waals surface area contributed by atoms with Gasteiger partial charge in [-0.15, -0.1) is 0 Å². The highest BCUT2D eigenvalue weighted by molar-refractivity contribution is 9.10. The van der Waals surface area contributed by atoms with Crippen LogP contribution in [0.1, 0.15) is 11.1 Å². The zero-order valence-electron chi connectivity index (χ0n) is 12.7. The maximum Gasteiger partial charge on any atom is 0.133 e. The molecule has 3 aromatic rings. The van der Waals surface area contributed by atoms with Crippen molar-refractivity contribution in [2.75, 3.05) is 0 Å². The molecule has 3 heteroatoms. The van der Waals surface area contributed by atoms with E-state index in [1.54, 1.807) is 0 Å². The molecule has 0 unspecified atom stereocenters. The quantitative estimate of drug-likeness (QED) is 0.420. The predicted octanol–water partition coefficient (Wildman–Crippen LogP) is 6.61. The minimum atomic E-state index is 0.601. The number of benzene rings is 3. The third kappa shape index (κ3) is 6.59. The van der Waals surface area contributed by atoms with Crippen LogP contribution in [-0.4, -0.2) is 0 Å². The summed E-state index contributed by atoms with van der Waals surface area (Å²) < 4.78 is 6.66. The number of para-hydroxylation sites is 1. The van der Waals surface area contributed by atoms with Gasteiger partial charge in [0.2, 0.25) is 0 Å². The first-order chi connectivity index (χ1) is 11.3. The molecule has 0 heterocycles. The van der Waals surface area contributed by atoms with E-state index < -0.39 is 0 Å². The van der Waals surface area contributed by atoms with Crippen LogP contribution in [0.3, 0.4) is 0 Å².